The molecule has 1 saturated heterocycles. The highest BCUT2D eigenvalue weighted by Crippen LogP contribution is 2.52. The number of aryl methyl sites for hydroxylation is 1. The van der Waals surface area contributed by atoms with Crippen molar-refractivity contribution < 1.29 is 48.3 Å². The molecule has 5 rings (SSSR count). The summed E-state index contributed by atoms with van der Waals surface area (Å²) < 4.78 is 36.4. The lowest BCUT2D eigenvalue weighted by Gasteiger charge is -2.45. The van der Waals surface area contributed by atoms with Gasteiger partial charge in [-0.2, -0.15) is 13.9 Å². The third kappa shape index (κ3) is 6.84. The van der Waals surface area contributed by atoms with Crippen LogP contribution in [0.25, 0.3) is 5.82 Å². The van der Waals surface area contributed by atoms with Gasteiger partial charge in [0.15, 0.2) is 18.0 Å². The molecular formula is C26H28ClF2N5O8S. The first-order chi connectivity index (χ1) is 20.1. The summed E-state index contributed by atoms with van der Waals surface area (Å²) in [7, 11) is 0. The van der Waals surface area contributed by atoms with Crippen molar-refractivity contribution in [2.24, 2.45) is 5.73 Å². The quantitative estimate of drug-likeness (QED) is 0.252. The summed E-state index contributed by atoms with van der Waals surface area (Å²) >= 11 is 7.29. The number of aromatic nitrogens is 3. The average Bonchev–Trinajstić information content (AvgIpc) is 3.55. The maximum absolute atomic E-state index is 14.3. The molecule has 13 nitrogen and oxygen atoms in total. The largest absolute Gasteiger partial charge is 0.479 e. The molecule has 2 aliphatic heterocycles. The number of alkyl halides is 2. The summed E-state index contributed by atoms with van der Waals surface area (Å²) in [5, 5.41) is 37.0. The maximum atomic E-state index is 14.3. The van der Waals surface area contributed by atoms with Gasteiger partial charge < -0.3 is 30.9 Å². The number of thiophene rings is 1. The van der Waals surface area contributed by atoms with Gasteiger partial charge in [-0.25, -0.2) is 19.3 Å². The van der Waals surface area contributed by atoms with Crippen LogP contribution in [0.2, 0.25) is 4.34 Å². The van der Waals surface area contributed by atoms with Gasteiger partial charge in [0.05, 0.1) is 15.6 Å². The Balaban J connectivity index is 0.000000365. The fourth-order valence-electron chi connectivity index (χ4n) is 4.83. The van der Waals surface area contributed by atoms with Crippen LogP contribution in [-0.4, -0.2) is 89.8 Å². The number of carboxylic acids is 2. The lowest BCUT2D eigenvalue weighted by Crippen LogP contribution is -2.48. The first-order valence-electron chi connectivity index (χ1n) is 12.8. The normalized spacial score (nSPS) is 18.7. The minimum Gasteiger partial charge on any atom is -0.479 e. The Morgan fingerprint density at radius 2 is 1.81 bits per heavy atom. The Bertz CT molecular complexity index is 1510. The van der Waals surface area contributed by atoms with Crippen LogP contribution in [0.4, 0.5) is 8.78 Å². The number of aliphatic hydroxyl groups excluding tert-OH is 2. The second-order valence-electron chi connectivity index (χ2n) is 10.0. The monoisotopic (exact) mass is 643 g/mol. The summed E-state index contributed by atoms with van der Waals surface area (Å²) in [5.41, 5.74) is 6.87. The van der Waals surface area contributed by atoms with Crippen molar-refractivity contribution in [2.75, 3.05) is 19.7 Å². The summed E-state index contributed by atoms with van der Waals surface area (Å²) in [6.45, 7) is 3.28. The number of nitrogens with zero attached hydrogens (tertiary/aromatic N) is 4. The number of hydrogen-bond acceptors (Lipinski definition) is 10. The summed E-state index contributed by atoms with van der Waals surface area (Å²) in [5.74, 6) is -6.73. The Morgan fingerprint density at radius 3 is 2.40 bits per heavy atom. The zero-order valence-electron chi connectivity index (χ0n) is 22.6. The number of hydrogen-bond donors (Lipinski definition) is 5. The number of fused-ring (bicyclic) bond motifs is 2. The molecular weight excluding hydrogens is 616 g/mol. The van der Waals surface area contributed by atoms with Crippen LogP contribution in [0.1, 0.15) is 44.9 Å². The molecule has 2 aliphatic rings. The zero-order valence-corrected chi connectivity index (χ0v) is 24.2. The van der Waals surface area contributed by atoms with Crippen LogP contribution in [-0.2, 0) is 32.4 Å². The number of amides is 1. The highest BCUT2D eigenvalue weighted by atomic mass is 35.5. The van der Waals surface area contributed by atoms with E-state index >= 15 is 0 Å². The number of likely N-dealkylation sites (tertiary alicyclic amines) is 1. The third-order valence-corrected chi connectivity index (χ3v) is 8.62. The number of carbonyl (C=O) groups excluding carboxylic acids is 1. The number of primary amides is 1. The van der Waals surface area contributed by atoms with Crippen molar-refractivity contribution in [3.05, 3.63) is 62.2 Å². The number of carboxylic acid groups (broad SMARTS) is 2. The number of halogens is 3. The van der Waals surface area contributed by atoms with E-state index in [0.29, 0.717) is 53.1 Å². The first kappa shape index (κ1) is 32.4. The van der Waals surface area contributed by atoms with Crippen LogP contribution in [0.15, 0.2) is 30.6 Å². The number of aliphatic hydroxyl groups is 2. The molecule has 1 fully saturated rings. The Kier molecular flexibility index (Phi) is 9.48. The molecule has 0 aliphatic carbocycles. The van der Waals surface area contributed by atoms with Gasteiger partial charge in [-0.3, -0.25) is 9.69 Å². The van der Waals surface area contributed by atoms with Crippen LogP contribution < -0.4 is 5.73 Å². The minimum atomic E-state index is -3.01. The molecule has 232 valence electrons. The minimum absolute atomic E-state index is 0.00920. The van der Waals surface area contributed by atoms with Crippen molar-refractivity contribution in [1.82, 2.24) is 19.7 Å². The van der Waals surface area contributed by atoms with E-state index in [1.807, 2.05) is 13.1 Å². The smallest absolute Gasteiger partial charge is 0.335 e. The number of carbonyl (C=O) groups is 3. The van der Waals surface area contributed by atoms with Crippen LogP contribution in [0.3, 0.4) is 0 Å². The van der Waals surface area contributed by atoms with Crippen molar-refractivity contribution in [1.29, 1.82) is 0 Å². The molecule has 5 heterocycles. The van der Waals surface area contributed by atoms with Crippen LogP contribution in [0.5, 0.6) is 0 Å². The molecule has 1 amide bonds. The van der Waals surface area contributed by atoms with E-state index in [0.717, 1.165) is 11.3 Å². The van der Waals surface area contributed by atoms with Gasteiger partial charge in [0, 0.05) is 48.0 Å². The summed E-state index contributed by atoms with van der Waals surface area (Å²) in [6, 6.07) is 4.65. The molecule has 6 N–H and O–H groups in total. The standard InChI is InChI=1S/C22H22ClF2N5O2S.C4H6O6/c1-13-14(11-30(28-13)20-15(19(26)31)3-2-6-27-20)10-29-7-4-21(5-8-29)18-16(9-17(23)33-18)22(24,25)12-32-21;5-1(3(7)8)2(6)4(9)10/h2-3,6,9,11H,4-5,7-8,10,12H2,1H3,(H2,26,31);1-2,5-6H,(H,7,8)(H,9,10)/t;1-,2-/m.1/s1. The highest BCUT2D eigenvalue weighted by Gasteiger charge is 2.51. The number of pyridine rings is 1. The molecule has 3 aromatic heterocycles. The van der Waals surface area contributed by atoms with Crippen molar-refractivity contribution in [3.8, 4) is 5.82 Å². The van der Waals surface area contributed by atoms with E-state index in [-0.39, 0.29) is 5.56 Å². The Hall–Kier alpha value is -3.54. The van der Waals surface area contributed by atoms with Crippen LogP contribution >= 0.6 is 22.9 Å². The molecule has 2 atom stereocenters. The van der Waals surface area contributed by atoms with E-state index in [4.69, 9.17) is 42.5 Å². The molecule has 17 heteroatoms. The van der Waals surface area contributed by atoms with Crippen LogP contribution in [0, 0.1) is 6.92 Å². The van der Waals surface area contributed by atoms with E-state index in [1.54, 1.807) is 23.0 Å². The molecule has 0 unspecified atom stereocenters. The molecule has 43 heavy (non-hydrogen) atoms. The van der Waals surface area contributed by atoms with Gasteiger partial charge in [-0.15, -0.1) is 11.3 Å². The number of nitrogens with two attached hydrogens (primary N) is 1. The van der Waals surface area contributed by atoms with Crippen molar-refractivity contribution in [3.63, 3.8) is 0 Å². The van der Waals surface area contributed by atoms with E-state index in [1.165, 1.54) is 17.4 Å². The Labute approximate surface area is 252 Å². The highest BCUT2D eigenvalue weighted by molar-refractivity contribution is 7.16. The number of piperidine rings is 1. The number of aliphatic carboxylic acids is 2. The van der Waals surface area contributed by atoms with Crippen molar-refractivity contribution in [2.45, 2.75) is 50.0 Å². The first-order valence-corrected chi connectivity index (χ1v) is 14.0. The van der Waals surface area contributed by atoms with Gasteiger partial charge in [0.2, 0.25) is 0 Å². The molecule has 0 aromatic carbocycles. The van der Waals surface area contributed by atoms with Gasteiger partial charge in [0.1, 0.15) is 12.2 Å². The van der Waals surface area contributed by atoms with Gasteiger partial charge in [-0.1, -0.05) is 11.6 Å². The van der Waals surface area contributed by atoms with E-state index < -0.39 is 48.2 Å². The van der Waals surface area contributed by atoms with E-state index in [9.17, 15) is 23.2 Å². The third-order valence-electron chi connectivity index (χ3n) is 7.17. The lowest BCUT2D eigenvalue weighted by molar-refractivity contribution is -0.182. The Morgan fingerprint density at radius 1 is 1.19 bits per heavy atom. The molecule has 0 radical (unpaired) electrons. The topological polar surface area (TPSA) is 201 Å². The molecule has 0 saturated carbocycles. The molecule has 3 aromatic rings. The van der Waals surface area contributed by atoms with E-state index in [2.05, 4.69) is 15.0 Å². The number of ether oxygens (including phenoxy) is 1. The lowest BCUT2D eigenvalue weighted by atomic mass is 9.84. The number of rotatable bonds is 7. The molecule has 0 bridgehead atoms. The maximum Gasteiger partial charge on any atom is 0.335 e. The second-order valence-corrected chi connectivity index (χ2v) is 11.7. The second kappa shape index (κ2) is 12.6. The predicted octanol–water partition coefficient (Wildman–Crippen LogP) is 1.88. The van der Waals surface area contributed by atoms with Gasteiger partial charge in [-0.05, 0) is 38.0 Å². The predicted molar refractivity (Wildman–Crippen MR) is 147 cm³/mol. The van der Waals surface area contributed by atoms with Gasteiger partial charge in [0.25, 0.3) is 11.8 Å². The molecule has 1 spiro atoms. The fourth-order valence-corrected chi connectivity index (χ4v) is 6.31. The summed E-state index contributed by atoms with van der Waals surface area (Å²) in [6.07, 6.45) is 0.109. The SMILES string of the molecule is Cc1nn(-c2ncccc2C(N)=O)cc1CN1CCC2(CC1)OCC(F)(F)c1cc(Cl)sc12.O=C(O)[C@H](O)[C@@H](O)C(=O)O. The average molecular weight is 644 g/mol. The fraction of sp³-hybridized carbons (Fsp3) is 0.423. The summed E-state index contributed by atoms with van der Waals surface area (Å²) in [4.78, 5) is 38.4. The zero-order chi connectivity index (χ0) is 31.7. The van der Waals surface area contributed by atoms with Gasteiger partial charge >= 0.3 is 11.9 Å². The van der Waals surface area contributed by atoms with Crippen molar-refractivity contribution >= 4 is 40.8 Å².